The predicted molar refractivity (Wildman–Crippen MR) is 180 cm³/mol. The minimum Gasteiger partial charge on any atom is -0.393 e. The Labute approximate surface area is 267 Å². The maximum atomic E-state index is 14.2. The van der Waals surface area contributed by atoms with E-state index in [1.54, 1.807) is 0 Å². The highest BCUT2D eigenvalue weighted by Crippen LogP contribution is 2.69. The lowest BCUT2D eigenvalue weighted by molar-refractivity contribution is -0.154. The lowest BCUT2D eigenvalue weighted by Crippen LogP contribution is -2.59. The summed E-state index contributed by atoms with van der Waals surface area (Å²) in [6.45, 7) is 17.8. The van der Waals surface area contributed by atoms with Crippen LogP contribution in [0.5, 0.6) is 0 Å². The maximum Gasteiger partial charge on any atom is 0.223 e. The molecule has 3 saturated carbocycles. The van der Waals surface area contributed by atoms with Crippen molar-refractivity contribution in [2.75, 3.05) is 14.1 Å². The fourth-order valence-electron chi connectivity index (χ4n) is 9.56. The van der Waals surface area contributed by atoms with E-state index in [9.17, 15) is 14.7 Å². The summed E-state index contributed by atoms with van der Waals surface area (Å²) in [7, 11) is 4.16. The fourth-order valence-corrected chi connectivity index (χ4v) is 9.56. The van der Waals surface area contributed by atoms with Crippen LogP contribution >= 0.6 is 0 Å². The normalized spacial score (nSPS) is 35.4. The molecule has 2 N–H and O–H groups in total. The number of nitrogens with one attached hydrogen (secondary N) is 1. The van der Waals surface area contributed by atoms with E-state index < -0.39 is 11.5 Å². The highest BCUT2D eigenvalue weighted by molar-refractivity contribution is 5.84. The van der Waals surface area contributed by atoms with E-state index in [0.717, 1.165) is 37.7 Å². The van der Waals surface area contributed by atoms with Gasteiger partial charge in [-0.3, -0.25) is 14.6 Å². The predicted octanol–water partition coefficient (Wildman–Crippen LogP) is 6.72. The number of hydrogen-bond acceptors (Lipinski definition) is 5. The molecule has 44 heavy (non-hydrogen) atoms. The molecule has 6 heteroatoms. The van der Waals surface area contributed by atoms with E-state index >= 15 is 0 Å². The second kappa shape index (κ2) is 13.6. The zero-order valence-corrected chi connectivity index (χ0v) is 28.7. The van der Waals surface area contributed by atoms with Crippen molar-refractivity contribution in [1.82, 2.24) is 10.2 Å². The van der Waals surface area contributed by atoms with Crippen molar-refractivity contribution in [3.63, 3.8) is 0 Å². The summed E-state index contributed by atoms with van der Waals surface area (Å²) in [5.74, 6) is 0.804. The molecule has 3 aliphatic rings. The molecule has 3 aliphatic carbocycles. The zero-order valence-electron chi connectivity index (χ0n) is 28.7. The van der Waals surface area contributed by atoms with Gasteiger partial charge in [-0.2, -0.15) is 0 Å². The van der Waals surface area contributed by atoms with Crippen molar-refractivity contribution in [2.24, 2.45) is 50.8 Å². The Kier molecular flexibility index (Phi) is 10.7. The monoisotopic (exact) mass is 605 g/mol. The molecule has 244 valence electrons. The molecular weight excluding hydrogens is 546 g/mol. The van der Waals surface area contributed by atoms with Gasteiger partial charge in [-0.15, -0.1) is 6.58 Å². The van der Waals surface area contributed by atoms with Crippen molar-refractivity contribution < 1.29 is 14.7 Å². The number of aliphatic hydroxyl groups excluding tert-OH is 1. The summed E-state index contributed by atoms with van der Waals surface area (Å²) in [6.07, 6.45) is 9.00. The molecule has 1 amide bonds. The molecule has 4 rings (SSSR count). The van der Waals surface area contributed by atoms with E-state index in [0.29, 0.717) is 25.2 Å². The first-order valence-electron chi connectivity index (χ1n) is 17.1. The summed E-state index contributed by atoms with van der Waals surface area (Å²) < 4.78 is 0. The van der Waals surface area contributed by atoms with Crippen LogP contribution in [-0.2, 0) is 16.1 Å². The number of ketones is 1. The summed E-state index contributed by atoms with van der Waals surface area (Å²) >= 11 is 0. The van der Waals surface area contributed by atoms with Crippen LogP contribution in [0.1, 0.15) is 92.1 Å². The largest absolute Gasteiger partial charge is 0.393 e. The SMILES string of the molecule is C=CC[C@H](NC(=O)[C@@H](C)CC)[C@@](C)(C=NCc1ccccc1)[C@@H]1CC[C@@H]2[C@@H](C1)C(=O)C[C@]1(C)[C@@H]([C@H](C)N(C)C)[C@H](O)C[C@@]21C. The Morgan fingerprint density at radius 1 is 1.20 bits per heavy atom. The topological polar surface area (TPSA) is 82.0 Å². The van der Waals surface area contributed by atoms with Crippen molar-refractivity contribution in [3.8, 4) is 0 Å². The summed E-state index contributed by atoms with van der Waals surface area (Å²) in [5.41, 5.74) is 0.358. The summed E-state index contributed by atoms with van der Waals surface area (Å²) in [4.78, 5) is 34.7. The Bertz CT molecular complexity index is 1200. The molecule has 0 bridgehead atoms. The third-order valence-electron chi connectivity index (χ3n) is 12.9. The van der Waals surface area contributed by atoms with Gasteiger partial charge in [0, 0.05) is 47.9 Å². The second-order valence-corrected chi connectivity index (χ2v) is 15.4. The third-order valence-corrected chi connectivity index (χ3v) is 12.9. The number of hydrogen-bond donors (Lipinski definition) is 2. The number of carbonyl (C=O) groups is 2. The number of aliphatic hydroxyl groups is 1. The van der Waals surface area contributed by atoms with Crippen LogP contribution in [0.4, 0.5) is 0 Å². The van der Waals surface area contributed by atoms with Crippen molar-refractivity contribution in [2.45, 2.75) is 111 Å². The lowest BCUT2D eigenvalue weighted by atomic mass is 9.45. The number of carbonyl (C=O) groups excluding carboxylic acids is 2. The quantitative estimate of drug-likeness (QED) is 0.205. The molecule has 1 aromatic carbocycles. The van der Waals surface area contributed by atoms with Gasteiger partial charge in [0.05, 0.1) is 12.6 Å². The van der Waals surface area contributed by atoms with Gasteiger partial charge >= 0.3 is 0 Å². The first kappa shape index (κ1) is 34.6. The lowest BCUT2D eigenvalue weighted by Gasteiger charge is -2.59. The first-order chi connectivity index (χ1) is 20.7. The van der Waals surface area contributed by atoms with Gasteiger partial charge in [-0.1, -0.05) is 71.0 Å². The maximum absolute atomic E-state index is 14.2. The molecule has 0 spiro atoms. The molecule has 0 heterocycles. The van der Waals surface area contributed by atoms with E-state index in [1.165, 1.54) is 0 Å². The third kappa shape index (κ3) is 6.23. The van der Waals surface area contributed by atoms with Gasteiger partial charge in [0.25, 0.3) is 0 Å². The van der Waals surface area contributed by atoms with Gasteiger partial charge in [-0.25, -0.2) is 0 Å². The Morgan fingerprint density at radius 3 is 2.50 bits per heavy atom. The number of fused-ring (bicyclic) bond motifs is 3. The summed E-state index contributed by atoms with van der Waals surface area (Å²) in [6, 6.07) is 10.3. The fraction of sp³-hybridized carbons (Fsp3) is 0.711. The molecular formula is C38H59N3O3. The number of amides is 1. The standard InChI is InChI=1S/C38H59N3O3/c1-10-15-33(40-35(44)25(3)11-2)36(5,24-39-23-27-16-13-12-14-17-27)28-18-19-30-29(20-28)31(42)21-38(7)34(26(4)41(8)9)32(43)22-37(30,38)6/h10,12-14,16-17,24-26,28-30,32-34,43H,1,11,15,18-23H2,2-9H3,(H,40,44)/t25-,26-,28+,29+,30+,32+,33-,34-,36-,37-,38+/m0/s1. The Morgan fingerprint density at radius 2 is 1.89 bits per heavy atom. The zero-order chi connectivity index (χ0) is 32.4. The van der Waals surface area contributed by atoms with Crippen molar-refractivity contribution >= 4 is 17.9 Å². The van der Waals surface area contributed by atoms with Gasteiger partial charge in [0.15, 0.2) is 0 Å². The second-order valence-electron chi connectivity index (χ2n) is 15.4. The molecule has 1 aromatic rings. The van der Waals surface area contributed by atoms with E-state index in [2.05, 4.69) is 76.9 Å². The molecule has 0 radical (unpaired) electrons. The van der Waals surface area contributed by atoms with Gasteiger partial charge in [-0.05, 0) is 87.8 Å². The van der Waals surface area contributed by atoms with E-state index in [4.69, 9.17) is 4.99 Å². The Hall–Kier alpha value is -2.31. The molecule has 0 aliphatic heterocycles. The molecule has 11 atom stereocenters. The van der Waals surface area contributed by atoms with Crippen LogP contribution < -0.4 is 5.32 Å². The van der Waals surface area contributed by atoms with Crippen molar-refractivity contribution in [3.05, 3.63) is 48.6 Å². The first-order valence-corrected chi connectivity index (χ1v) is 17.1. The number of rotatable bonds is 12. The van der Waals surface area contributed by atoms with E-state index in [-0.39, 0.29) is 58.4 Å². The highest BCUT2D eigenvalue weighted by Gasteiger charge is 2.68. The highest BCUT2D eigenvalue weighted by atomic mass is 16.3. The minimum atomic E-state index is -0.448. The molecule has 0 unspecified atom stereocenters. The number of aliphatic imine (C=N–C) groups is 1. The van der Waals surface area contributed by atoms with Crippen LogP contribution in [-0.4, -0.2) is 60.2 Å². The van der Waals surface area contributed by atoms with Gasteiger partial charge in [0.2, 0.25) is 5.91 Å². The van der Waals surface area contributed by atoms with Crippen molar-refractivity contribution in [1.29, 1.82) is 0 Å². The van der Waals surface area contributed by atoms with Crippen LogP contribution in [0.2, 0.25) is 0 Å². The molecule has 0 saturated heterocycles. The van der Waals surface area contributed by atoms with Crippen LogP contribution in [0.3, 0.4) is 0 Å². The average Bonchev–Trinajstić information content (AvgIpc) is 3.20. The minimum absolute atomic E-state index is 0.0380. The summed E-state index contributed by atoms with van der Waals surface area (Å²) in [5, 5.41) is 14.9. The van der Waals surface area contributed by atoms with Gasteiger partial charge in [0.1, 0.15) is 5.78 Å². The smallest absolute Gasteiger partial charge is 0.223 e. The Balaban J connectivity index is 1.67. The average molecular weight is 606 g/mol. The van der Waals surface area contributed by atoms with Crippen LogP contribution in [0, 0.1) is 45.8 Å². The van der Waals surface area contributed by atoms with E-state index in [1.807, 2.05) is 38.1 Å². The molecule has 3 fully saturated rings. The molecule has 0 aromatic heterocycles. The number of nitrogens with zero attached hydrogens (tertiary/aromatic N) is 2. The number of benzene rings is 1. The van der Waals surface area contributed by atoms with Crippen LogP contribution in [0.25, 0.3) is 0 Å². The van der Waals surface area contributed by atoms with Gasteiger partial charge < -0.3 is 15.3 Å². The van der Waals surface area contributed by atoms with Crippen LogP contribution in [0.15, 0.2) is 48.0 Å². The molecule has 6 nitrogen and oxygen atoms in total. The number of Topliss-reactive ketones (excluding diaryl/α,β-unsaturated/α-hetero) is 1.